The Morgan fingerprint density at radius 2 is 2.12 bits per heavy atom. The van der Waals surface area contributed by atoms with E-state index in [0.717, 1.165) is 10.9 Å². The molecule has 0 spiro atoms. The van der Waals surface area contributed by atoms with E-state index in [1.165, 1.54) is 6.08 Å². The molecule has 0 aliphatic carbocycles. The summed E-state index contributed by atoms with van der Waals surface area (Å²) >= 11 is 0. The van der Waals surface area contributed by atoms with Crippen molar-refractivity contribution in [3.05, 3.63) is 41.6 Å². The van der Waals surface area contributed by atoms with Gasteiger partial charge in [0.1, 0.15) is 5.69 Å². The average molecular weight is 217 g/mol. The second-order valence-corrected chi connectivity index (χ2v) is 3.35. The first-order valence-corrected chi connectivity index (χ1v) is 4.85. The number of aromatic carboxylic acids is 1. The van der Waals surface area contributed by atoms with E-state index in [4.69, 9.17) is 10.2 Å². The summed E-state index contributed by atoms with van der Waals surface area (Å²) in [5.74, 6) is -1.01. The maximum Gasteiger partial charge on any atom is 0.352 e. The number of rotatable bonds is 3. The molecule has 16 heavy (non-hydrogen) atoms. The Balaban J connectivity index is 2.69. The number of aromatic nitrogens is 1. The summed E-state index contributed by atoms with van der Waals surface area (Å²) < 4.78 is 0. The van der Waals surface area contributed by atoms with E-state index < -0.39 is 5.97 Å². The topological polar surface area (TPSA) is 73.3 Å². The minimum absolute atomic E-state index is 0.113. The van der Waals surface area contributed by atoms with Crippen molar-refractivity contribution in [1.82, 2.24) is 4.98 Å². The fourth-order valence-electron chi connectivity index (χ4n) is 1.68. The van der Waals surface area contributed by atoms with Gasteiger partial charge in [-0.1, -0.05) is 30.4 Å². The Morgan fingerprint density at radius 1 is 1.38 bits per heavy atom. The first-order chi connectivity index (χ1) is 7.74. The van der Waals surface area contributed by atoms with Gasteiger partial charge in [0.25, 0.3) is 0 Å². The normalized spacial score (nSPS) is 11.3. The zero-order valence-corrected chi connectivity index (χ0v) is 8.47. The van der Waals surface area contributed by atoms with Crippen LogP contribution in [0.2, 0.25) is 0 Å². The first kappa shape index (κ1) is 10.4. The highest BCUT2D eigenvalue weighted by molar-refractivity contribution is 6.01. The molecule has 0 saturated heterocycles. The van der Waals surface area contributed by atoms with Gasteiger partial charge in [-0.15, -0.1) is 0 Å². The van der Waals surface area contributed by atoms with Gasteiger partial charge in [-0.2, -0.15) is 0 Å². The summed E-state index contributed by atoms with van der Waals surface area (Å²) in [6.45, 7) is -0.113. The van der Waals surface area contributed by atoms with Crippen LogP contribution in [0.1, 0.15) is 16.1 Å². The number of aliphatic hydroxyl groups excluding tert-OH is 1. The van der Waals surface area contributed by atoms with Crippen LogP contribution < -0.4 is 0 Å². The van der Waals surface area contributed by atoms with Crippen LogP contribution in [-0.4, -0.2) is 27.8 Å². The number of para-hydroxylation sites is 1. The van der Waals surface area contributed by atoms with Crippen LogP contribution in [0.5, 0.6) is 0 Å². The highest BCUT2D eigenvalue weighted by atomic mass is 16.4. The third-order valence-electron chi connectivity index (χ3n) is 2.35. The smallest absolute Gasteiger partial charge is 0.352 e. The molecule has 4 heteroatoms. The van der Waals surface area contributed by atoms with Crippen LogP contribution in [0.15, 0.2) is 30.3 Å². The first-order valence-electron chi connectivity index (χ1n) is 4.85. The molecule has 0 radical (unpaired) electrons. The summed E-state index contributed by atoms with van der Waals surface area (Å²) in [6, 6.07) is 7.34. The molecule has 0 unspecified atom stereocenters. The molecule has 0 bridgehead atoms. The summed E-state index contributed by atoms with van der Waals surface area (Å²) in [6.07, 6.45) is 3.13. The number of fused-ring (bicyclic) bond motifs is 1. The van der Waals surface area contributed by atoms with Crippen LogP contribution in [0.25, 0.3) is 17.0 Å². The van der Waals surface area contributed by atoms with Gasteiger partial charge in [0.15, 0.2) is 0 Å². The summed E-state index contributed by atoms with van der Waals surface area (Å²) in [5, 5.41) is 18.6. The van der Waals surface area contributed by atoms with Gasteiger partial charge >= 0.3 is 5.97 Å². The molecular weight excluding hydrogens is 206 g/mol. The van der Waals surface area contributed by atoms with Gasteiger partial charge < -0.3 is 15.2 Å². The van der Waals surface area contributed by atoms with Gasteiger partial charge in [-0.3, -0.25) is 0 Å². The lowest BCUT2D eigenvalue weighted by Gasteiger charge is -1.93. The molecule has 0 amide bonds. The molecule has 4 nitrogen and oxygen atoms in total. The van der Waals surface area contributed by atoms with Crippen molar-refractivity contribution < 1.29 is 15.0 Å². The minimum Gasteiger partial charge on any atom is -0.477 e. The van der Waals surface area contributed by atoms with Crippen molar-refractivity contribution in [1.29, 1.82) is 0 Å². The van der Waals surface area contributed by atoms with Crippen molar-refractivity contribution in [3.8, 4) is 0 Å². The Hall–Kier alpha value is -2.07. The molecule has 3 N–H and O–H groups in total. The monoisotopic (exact) mass is 217 g/mol. The number of hydrogen-bond donors (Lipinski definition) is 3. The standard InChI is InChI=1S/C12H11NO3/c14-7-3-5-9-8-4-1-2-6-10(8)13-11(9)12(15)16/h1-6,13-14H,7H2,(H,15,16). The molecule has 0 atom stereocenters. The summed E-state index contributed by atoms with van der Waals surface area (Å²) in [5.41, 5.74) is 1.51. The number of H-pyrrole nitrogens is 1. The molecule has 0 aliphatic heterocycles. The number of carboxylic acid groups (broad SMARTS) is 1. The lowest BCUT2D eigenvalue weighted by molar-refractivity contribution is 0.0691. The second-order valence-electron chi connectivity index (χ2n) is 3.35. The molecule has 0 saturated carbocycles. The van der Waals surface area contributed by atoms with E-state index >= 15 is 0 Å². The molecule has 0 fully saturated rings. The van der Waals surface area contributed by atoms with Crippen LogP contribution in [0, 0.1) is 0 Å². The fourth-order valence-corrected chi connectivity index (χ4v) is 1.68. The number of nitrogens with one attached hydrogen (secondary N) is 1. The van der Waals surface area contributed by atoms with E-state index in [2.05, 4.69) is 4.98 Å². The number of aromatic amines is 1. The Morgan fingerprint density at radius 3 is 2.81 bits per heavy atom. The number of benzene rings is 1. The predicted octanol–water partition coefficient (Wildman–Crippen LogP) is 1.87. The van der Waals surface area contributed by atoms with E-state index in [1.54, 1.807) is 6.08 Å². The molecule has 1 aromatic carbocycles. The van der Waals surface area contributed by atoms with Gasteiger partial charge in [-0.25, -0.2) is 4.79 Å². The highest BCUT2D eigenvalue weighted by Gasteiger charge is 2.13. The molecule has 1 heterocycles. The number of aliphatic hydroxyl groups is 1. The fraction of sp³-hybridized carbons (Fsp3) is 0.0833. The van der Waals surface area contributed by atoms with E-state index in [1.807, 2.05) is 24.3 Å². The Bertz CT molecular complexity index is 554. The van der Waals surface area contributed by atoms with Crippen LogP contribution >= 0.6 is 0 Å². The zero-order chi connectivity index (χ0) is 11.5. The maximum atomic E-state index is 11.0. The van der Waals surface area contributed by atoms with Gasteiger partial charge in [0, 0.05) is 16.5 Å². The Kier molecular flexibility index (Phi) is 2.74. The van der Waals surface area contributed by atoms with Crippen molar-refractivity contribution in [2.45, 2.75) is 0 Å². The molecule has 1 aromatic heterocycles. The average Bonchev–Trinajstić information content (AvgIpc) is 2.65. The number of carboxylic acids is 1. The van der Waals surface area contributed by atoms with Crippen LogP contribution in [0.3, 0.4) is 0 Å². The maximum absolute atomic E-state index is 11.0. The van der Waals surface area contributed by atoms with Crippen molar-refractivity contribution in [2.75, 3.05) is 6.61 Å². The summed E-state index contributed by atoms with van der Waals surface area (Å²) in [4.78, 5) is 13.9. The van der Waals surface area contributed by atoms with Crippen molar-refractivity contribution in [2.24, 2.45) is 0 Å². The van der Waals surface area contributed by atoms with Crippen LogP contribution in [-0.2, 0) is 0 Å². The molecular formula is C12H11NO3. The summed E-state index contributed by atoms with van der Waals surface area (Å²) in [7, 11) is 0. The zero-order valence-electron chi connectivity index (χ0n) is 8.47. The van der Waals surface area contributed by atoms with Gasteiger partial charge in [0.05, 0.1) is 6.61 Å². The van der Waals surface area contributed by atoms with E-state index in [9.17, 15) is 4.79 Å². The predicted molar refractivity (Wildman–Crippen MR) is 61.4 cm³/mol. The number of hydrogen-bond acceptors (Lipinski definition) is 2. The van der Waals surface area contributed by atoms with E-state index in [0.29, 0.717) is 5.56 Å². The molecule has 0 aliphatic rings. The second kappa shape index (κ2) is 4.20. The Labute approximate surface area is 91.8 Å². The lowest BCUT2D eigenvalue weighted by Crippen LogP contribution is -1.98. The third kappa shape index (κ3) is 1.70. The molecule has 2 aromatic rings. The van der Waals surface area contributed by atoms with E-state index in [-0.39, 0.29) is 12.3 Å². The van der Waals surface area contributed by atoms with Crippen LogP contribution in [0.4, 0.5) is 0 Å². The van der Waals surface area contributed by atoms with Crippen molar-refractivity contribution in [3.63, 3.8) is 0 Å². The highest BCUT2D eigenvalue weighted by Crippen LogP contribution is 2.23. The molecule has 82 valence electrons. The third-order valence-corrected chi connectivity index (χ3v) is 2.35. The van der Waals surface area contributed by atoms with Gasteiger partial charge in [-0.05, 0) is 6.07 Å². The number of carbonyl (C=O) groups is 1. The largest absolute Gasteiger partial charge is 0.477 e. The lowest BCUT2D eigenvalue weighted by atomic mass is 10.1. The van der Waals surface area contributed by atoms with Gasteiger partial charge in [0.2, 0.25) is 0 Å². The SMILES string of the molecule is O=C(O)c1[nH]c2ccccc2c1C=CCO. The quantitative estimate of drug-likeness (QED) is 0.734. The van der Waals surface area contributed by atoms with Crippen molar-refractivity contribution >= 4 is 22.9 Å². The minimum atomic E-state index is -1.01. The molecule has 2 rings (SSSR count).